The summed E-state index contributed by atoms with van der Waals surface area (Å²) in [6, 6.07) is 3.85. The molecule has 1 saturated heterocycles. The lowest BCUT2D eigenvalue weighted by Gasteiger charge is -2.26. The predicted molar refractivity (Wildman–Crippen MR) is 70.4 cm³/mol. The minimum absolute atomic E-state index is 0.184. The van der Waals surface area contributed by atoms with Crippen LogP contribution >= 0.6 is 0 Å². The van der Waals surface area contributed by atoms with Gasteiger partial charge in [-0.1, -0.05) is 6.42 Å². The maximum absolute atomic E-state index is 12.4. The summed E-state index contributed by atoms with van der Waals surface area (Å²) in [5.74, 6) is -1.29. The fraction of sp³-hybridized carbons (Fsp3) is 0.417. The number of carbonyl (C=O) groups is 1. The molecule has 1 heterocycles. The Kier molecular flexibility index (Phi) is 3.77. The summed E-state index contributed by atoms with van der Waals surface area (Å²) in [7, 11) is -3.76. The normalized spacial score (nSPS) is 17.3. The Balaban J connectivity index is 2.48. The fourth-order valence-electron chi connectivity index (χ4n) is 2.18. The average Bonchev–Trinajstić information content (AvgIpc) is 2.39. The number of hydrogen-bond acceptors (Lipinski definition) is 4. The topological polar surface area (TPSA) is 101 Å². The first kappa shape index (κ1) is 13.8. The van der Waals surface area contributed by atoms with Crippen LogP contribution in [-0.2, 0) is 10.0 Å². The van der Waals surface area contributed by atoms with Crippen LogP contribution in [0.1, 0.15) is 29.6 Å². The third-order valence-corrected chi connectivity index (χ3v) is 5.12. The number of hydrogen-bond donors (Lipinski definition) is 2. The number of nitrogen functional groups attached to an aromatic ring is 1. The Bertz CT molecular complexity index is 592. The molecular weight excluding hydrogens is 268 g/mol. The molecular formula is C12H16N2O4S. The van der Waals surface area contributed by atoms with Crippen LogP contribution in [0.3, 0.4) is 0 Å². The van der Waals surface area contributed by atoms with Gasteiger partial charge in [0.25, 0.3) is 0 Å². The van der Waals surface area contributed by atoms with Gasteiger partial charge in [0.2, 0.25) is 10.0 Å². The van der Waals surface area contributed by atoms with Crippen LogP contribution in [0.5, 0.6) is 0 Å². The maximum atomic E-state index is 12.4. The minimum Gasteiger partial charge on any atom is -0.478 e. The highest BCUT2D eigenvalue weighted by molar-refractivity contribution is 7.89. The van der Waals surface area contributed by atoms with Crippen molar-refractivity contribution in [3.63, 3.8) is 0 Å². The van der Waals surface area contributed by atoms with Gasteiger partial charge in [-0.05, 0) is 31.0 Å². The summed E-state index contributed by atoms with van der Waals surface area (Å²) in [5.41, 5.74) is 5.47. The summed E-state index contributed by atoms with van der Waals surface area (Å²) in [5, 5.41) is 9.11. The van der Waals surface area contributed by atoms with Gasteiger partial charge in [0.05, 0.1) is 10.5 Å². The molecule has 0 bridgehead atoms. The minimum atomic E-state index is -3.76. The molecule has 0 aliphatic carbocycles. The van der Waals surface area contributed by atoms with E-state index in [1.165, 1.54) is 22.5 Å². The second-order valence-corrected chi connectivity index (χ2v) is 6.43. The van der Waals surface area contributed by atoms with Gasteiger partial charge < -0.3 is 10.8 Å². The Morgan fingerprint density at radius 3 is 2.42 bits per heavy atom. The molecule has 0 atom stereocenters. The molecule has 0 spiro atoms. The Morgan fingerprint density at radius 1 is 1.21 bits per heavy atom. The van der Waals surface area contributed by atoms with Gasteiger partial charge in [0.15, 0.2) is 0 Å². The number of anilines is 1. The van der Waals surface area contributed by atoms with E-state index in [4.69, 9.17) is 10.8 Å². The summed E-state index contributed by atoms with van der Waals surface area (Å²) in [6.45, 7) is 0.873. The first-order valence-electron chi connectivity index (χ1n) is 6.06. The highest BCUT2D eigenvalue weighted by atomic mass is 32.2. The molecule has 1 fully saturated rings. The molecule has 0 radical (unpaired) electrons. The van der Waals surface area contributed by atoms with E-state index in [0.717, 1.165) is 19.3 Å². The highest BCUT2D eigenvalue weighted by Gasteiger charge is 2.29. The molecule has 7 heteroatoms. The molecule has 1 aliphatic heterocycles. The van der Waals surface area contributed by atoms with Crippen LogP contribution in [0.25, 0.3) is 0 Å². The van der Waals surface area contributed by atoms with Crippen LogP contribution in [0.2, 0.25) is 0 Å². The summed E-state index contributed by atoms with van der Waals surface area (Å²) in [6.07, 6.45) is 2.60. The van der Waals surface area contributed by atoms with Crippen molar-refractivity contribution in [2.75, 3.05) is 18.8 Å². The highest BCUT2D eigenvalue weighted by Crippen LogP contribution is 2.25. The van der Waals surface area contributed by atoms with Crippen molar-refractivity contribution >= 4 is 21.7 Å². The van der Waals surface area contributed by atoms with Crippen LogP contribution in [0, 0.1) is 0 Å². The second-order valence-electron chi connectivity index (χ2n) is 4.53. The van der Waals surface area contributed by atoms with Crippen LogP contribution in [-0.4, -0.2) is 36.9 Å². The van der Waals surface area contributed by atoms with Crippen LogP contribution in [0.4, 0.5) is 5.69 Å². The molecule has 1 aromatic carbocycles. The SMILES string of the molecule is Nc1ccc(S(=O)(=O)N2CCCCC2)c(C(=O)O)c1. The molecule has 6 nitrogen and oxygen atoms in total. The number of sulfonamides is 1. The van der Waals surface area contributed by atoms with Crippen molar-refractivity contribution in [2.24, 2.45) is 0 Å². The quantitative estimate of drug-likeness (QED) is 0.811. The van der Waals surface area contributed by atoms with Crippen molar-refractivity contribution < 1.29 is 18.3 Å². The van der Waals surface area contributed by atoms with Gasteiger partial charge in [-0.2, -0.15) is 4.31 Å². The van der Waals surface area contributed by atoms with E-state index < -0.39 is 16.0 Å². The fourth-order valence-corrected chi connectivity index (χ4v) is 3.87. The van der Waals surface area contributed by atoms with Crippen molar-refractivity contribution in [2.45, 2.75) is 24.2 Å². The van der Waals surface area contributed by atoms with Crippen molar-refractivity contribution in [1.82, 2.24) is 4.31 Å². The van der Waals surface area contributed by atoms with E-state index in [0.29, 0.717) is 13.1 Å². The van der Waals surface area contributed by atoms with Crippen LogP contribution < -0.4 is 5.73 Å². The predicted octanol–water partition coefficient (Wildman–Crippen LogP) is 1.14. The zero-order valence-corrected chi connectivity index (χ0v) is 11.2. The van der Waals surface area contributed by atoms with Gasteiger partial charge in [0.1, 0.15) is 0 Å². The number of aromatic carboxylic acids is 1. The number of carboxylic acids is 1. The van der Waals surface area contributed by atoms with E-state index in [2.05, 4.69) is 0 Å². The third kappa shape index (κ3) is 2.71. The first-order valence-corrected chi connectivity index (χ1v) is 7.50. The lowest BCUT2D eigenvalue weighted by Crippen LogP contribution is -2.36. The van der Waals surface area contributed by atoms with Gasteiger partial charge in [0, 0.05) is 18.8 Å². The van der Waals surface area contributed by atoms with Crippen molar-refractivity contribution in [3.8, 4) is 0 Å². The lowest BCUT2D eigenvalue weighted by atomic mass is 10.2. The molecule has 0 saturated carbocycles. The van der Waals surface area contributed by atoms with Gasteiger partial charge in [-0.25, -0.2) is 13.2 Å². The summed E-state index contributed by atoms with van der Waals surface area (Å²) >= 11 is 0. The van der Waals surface area contributed by atoms with E-state index in [1.54, 1.807) is 0 Å². The third-order valence-electron chi connectivity index (χ3n) is 3.17. The summed E-state index contributed by atoms with van der Waals surface area (Å²) < 4.78 is 26.2. The Morgan fingerprint density at radius 2 is 1.84 bits per heavy atom. The van der Waals surface area contributed by atoms with Gasteiger partial charge in [-0.15, -0.1) is 0 Å². The molecule has 19 heavy (non-hydrogen) atoms. The maximum Gasteiger partial charge on any atom is 0.337 e. The second kappa shape index (κ2) is 5.18. The molecule has 1 aliphatic rings. The smallest absolute Gasteiger partial charge is 0.337 e. The standard InChI is InChI=1S/C12H16N2O4S/c13-9-4-5-11(10(8-9)12(15)16)19(17,18)14-6-2-1-3-7-14/h4-5,8H,1-3,6-7,13H2,(H,15,16). The molecule has 3 N–H and O–H groups in total. The monoisotopic (exact) mass is 284 g/mol. The molecule has 1 aromatic rings. The average molecular weight is 284 g/mol. The van der Waals surface area contributed by atoms with E-state index in [1.807, 2.05) is 0 Å². The number of piperidine rings is 1. The largest absolute Gasteiger partial charge is 0.478 e. The van der Waals surface area contributed by atoms with E-state index >= 15 is 0 Å². The van der Waals surface area contributed by atoms with Gasteiger partial charge in [-0.3, -0.25) is 0 Å². The van der Waals surface area contributed by atoms with Crippen molar-refractivity contribution in [1.29, 1.82) is 0 Å². The van der Waals surface area contributed by atoms with E-state index in [9.17, 15) is 13.2 Å². The number of carboxylic acid groups (broad SMARTS) is 1. The molecule has 104 valence electrons. The molecule has 2 rings (SSSR count). The number of benzene rings is 1. The molecule has 0 unspecified atom stereocenters. The number of rotatable bonds is 3. The lowest BCUT2D eigenvalue weighted by molar-refractivity contribution is 0.0692. The Labute approximate surface area is 111 Å². The van der Waals surface area contributed by atoms with Crippen molar-refractivity contribution in [3.05, 3.63) is 23.8 Å². The zero-order chi connectivity index (χ0) is 14.0. The molecule has 0 aromatic heterocycles. The van der Waals surface area contributed by atoms with E-state index in [-0.39, 0.29) is 16.1 Å². The number of nitrogens with two attached hydrogens (primary N) is 1. The number of nitrogens with zero attached hydrogens (tertiary/aromatic N) is 1. The summed E-state index contributed by atoms with van der Waals surface area (Å²) in [4.78, 5) is 11.0. The Hall–Kier alpha value is -1.60. The first-order chi connectivity index (χ1) is 8.93. The van der Waals surface area contributed by atoms with Gasteiger partial charge >= 0.3 is 5.97 Å². The van der Waals surface area contributed by atoms with Crippen LogP contribution in [0.15, 0.2) is 23.1 Å². The zero-order valence-electron chi connectivity index (χ0n) is 10.4. The molecule has 0 amide bonds.